The molecule has 1 fully saturated rings. The van der Waals surface area contributed by atoms with Crippen LogP contribution in [0.25, 0.3) is 0 Å². The minimum Gasteiger partial charge on any atom is -0.294 e. The molecule has 0 heterocycles. The lowest BCUT2D eigenvalue weighted by atomic mass is 9.79. The third-order valence-corrected chi connectivity index (χ3v) is 3.78. The molecule has 1 aromatic carbocycles. The van der Waals surface area contributed by atoms with Crippen LogP contribution < -0.4 is 0 Å². The Kier molecular flexibility index (Phi) is 3.65. The summed E-state index contributed by atoms with van der Waals surface area (Å²) in [6.07, 6.45) is 4.47. The van der Waals surface area contributed by atoms with Crippen LogP contribution in [0.2, 0.25) is 5.02 Å². The number of hydrogen-bond donors (Lipinski definition) is 0. The van der Waals surface area contributed by atoms with Gasteiger partial charge in [0.25, 0.3) is 0 Å². The standard InChI is InChI=1S/C14H17ClO/c1-10-5-4-6-11(9-10)14(16)12-7-2-3-8-13(12)15/h2-3,7-8,10-11H,4-6,9H2,1H3. The maximum absolute atomic E-state index is 12.3. The number of Topliss-reactive ketones (excluding diaryl/α,β-unsaturated/α-hetero) is 1. The number of ketones is 1. The predicted molar refractivity (Wildman–Crippen MR) is 66.9 cm³/mol. The fourth-order valence-corrected chi connectivity index (χ4v) is 2.78. The van der Waals surface area contributed by atoms with Crippen LogP contribution in [0.5, 0.6) is 0 Å². The van der Waals surface area contributed by atoms with E-state index in [9.17, 15) is 4.79 Å². The summed E-state index contributed by atoms with van der Waals surface area (Å²) >= 11 is 6.05. The number of benzene rings is 1. The first-order valence-corrected chi connectivity index (χ1v) is 6.35. The number of halogens is 1. The summed E-state index contributed by atoms with van der Waals surface area (Å²) in [5.74, 6) is 1.09. The van der Waals surface area contributed by atoms with E-state index in [1.807, 2.05) is 18.2 Å². The zero-order chi connectivity index (χ0) is 11.5. The van der Waals surface area contributed by atoms with Crippen LogP contribution in [0.15, 0.2) is 24.3 Å². The zero-order valence-corrected chi connectivity index (χ0v) is 10.3. The van der Waals surface area contributed by atoms with Crippen molar-refractivity contribution in [2.24, 2.45) is 11.8 Å². The van der Waals surface area contributed by atoms with E-state index < -0.39 is 0 Å². The minimum atomic E-state index is 0.184. The predicted octanol–water partition coefficient (Wildman–Crippen LogP) is 4.35. The second-order valence-corrected chi connectivity index (χ2v) is 5.22. The van der Waals surface area contributed by atoms with Gasteiger partial charge in [-0.3, -0.25) is 4.79 Å². The highest BCUT2D eigenvalue weighted by atomic mass is 35.5. The molecular weight excluding hydrogens is 220 g/mol. The first-order valence-electron chi connectivity index (χ1n) is 5.97. The molecule has 2 unspecified atom stereocenters. The molecule has 1 aliphatic carbocycles. The molecule has 0 bridgehead atoms. The van der Waals surface area contributed by atoms with E-state index in [-0.39, 0.29) is 11.7 Å². The summed E-state index contributed by atoms with van der Waals surface area (Å²) in [5.41, 5.74) is 0.697. The van der Waals surface area contributed by atoms with Gasteiger partial charge in [-0.15, -0.1) is 0 Å². The Labute approximate surface area is 102 Å². The van der Waals surface area contributed by atoms with Gasteiger partial charge in [0.1, 0.15) is 0 Å². The Morgan fingerprint density at radius 1 is 1.31 bits per heavy atom. The van der Waals surface area contributed by atoms with Gasteiger partial charge in [-0.2, -0.15) is 0 Å². The van der Waals surface area contributed by atoms with Gasteiger partial charge >= 0.3 is 0 Å². The molecule has 0 spiro atoms. The van der Waals surface area contributed by atoms with Crippen molar-refractivity contribution in [3.63, 3.8) is 0 Å². The molecule has 2 rings (SSSR count). The summed E-state index contributed by atoms with van der Waals surface area (Å²) in [6.45, 7) is 2.23. The van der Waals surface area contributed by atoms with Crippen LogP contribution in [-0.2, 0) is 0 Å². The highest BCUT2D eigenvalue weighted by molar-refractivity contribution is 6.34. The van der Waals surface area contributed by atoms with Gasteiger partial charge in [-0.25, -0.2) is 0 Å². The Morgan fingerprint density at radius 2 is 2.06 bits per heavy atom. The highest BCUT2D eigenvalue weighted by Gasteiger charge is 2.26. The first kappa shape index (κ1) is 11.7. The molecule has 2 heteroatoms. The normalized spacial score (nSPS) is 25.4. The Balaban J connectivity index is 2.16. The maximum atomic E-state index is 12.3. The van der Waals surface area contributed by atoms with Crippen LogP contribution in [-0.4, -0.2) is 5.78 Å². The molecule has 0 amide bonds. The molecule has 0 aliphatic heterocycles. The lowest BCUT2D eigenvalue weighted by Crippen LogP contribution is -2.22. The molecule has 1 nitrogen and oxygen atoms in total. The van der Waals surface area contributed by atoms with Gasteiger partial charge in [0, 0.05) is 11.5 Å². The molecule has 2 atom stereocenters. The van der Waals surface area contributed by atoms with E-state index in [0.29, 0.717) is 16.5 Å². The number of carbonyl (C=O) groups is 1. The molecule has 0 aromatic heterocycles. The maximum Gasteiger partial charge on any atom is 0.167 e. The van der Waals surface area contributed by atoms with E-state index >= 15 is 0 Å². The molecule has 1 aromatic rings. The average Bonchev–Trinajstić information content (AvgIpc) is 2.29. The summed E-state index contributed by atoms with van der Waals surface area (Å²) in [4.78, 5) is 12.3. The second-order valence-electron chi connectivity index (χ2n) is 4.81. The van der Waals surface area contributed by atoms with E-state index in [4.69, 9.17) is 11.6 Å². The fraction of sp³-hybridized carbons (Fsp3) is 0.500. The van der Waals surface area contributed by atoms with Gasteiger partial charge in [-0.05, 0) is 30.9 Å². The third kappa shape index (κ3) is 2.46. The fourth-order valence-electron chi connectivity index (χ4n) is 2.55. The number of rotatable bonds is 2. The second kappa shape index (κ2) is 5.01. The largest absolute Gasteiger partial charge is 0.294 e. The molecular formula is C14H17ClO. The van der Waals surface area contributed by atoms with Crippen molar-refractivity contribution in [2.45, 2.75) is 32.6 Å². The van der Waals surface area contributed by atoms with E-state index in [0.717, 1.165) is 12.8 Å². The summed E-state index contributed by atoms with van der Waals surface area (Å²) < 4.78 is 0. The Hall–Kier alpha value is -0.820. The van der Waals surface area contributed by atoms with Crippen molar-refractivity contribution in [1.29, 1.82) is 0 Å². The van der Waals surface area contributed by atoms with E-state index in [1.54, 1.807) is 6.07 Å². The summed E-state index contributed by atoms with van der Waals surface area (Å²) in [6, 6.07) is 7.37. The van der Waals surface area contributed by atoms with Crippen molar-refractivity contribution >= 4 is 17.4 Å². The summed E-state index contributed by atoms with van der Waals surface area (Å²) in [5, 5.41) is 0.589. The molecule has 1 saturated carbocycles. The van der Waals surface area contributed by atoms with Crippen LogP contribution >= 0.6 is 11.6 Å². The molecule has 16 heavy (non-hydrogen) atoms. The molecule has 86 valence electrons. The lowest BCUT2D eigenvalue weighted by Gasteiger charge is -2.25. The van der Waals surface area contributed by atoms with Gasteiger partial charge in [0.15, 0.2) is 5.78 Å². The van der Waals surface area contributed by atoms with E-state index in [1.165, 1.54) is 12.8 Å². The smallest absolute Gasteiger partial charge is 0.167 e. The van der Waals surface area contributed by atoms with E-state index in [2.05, 4.69) is 6.92 Å². The van der Waals surface area contributed by atoms with Crippen LogP contribution in [0.4, 0.5) is 0 Å². The van der Waals surface area contributed by atoms with Crippen molar-refractivity contribution in [3.8, 4) is 0 Å². The van der Waals surface area contributed by atoms with Crippen LogP contribution in [0.3, 0.4) is 0 Å². The van der Waals surface area contributed by atoms with Gasteiger partial charge in [0.2, 0.25) is 0 Å². The van der Waals surface area contributed by atoms with Crippen molar-refractivity contribution < 1.29 is 4.79 Å². The monoisotopic (exact) mass is 236 g/mol. The minimum absolute atomic E-state index is 0.184. The van der Waals surface area contributed by atoms with Gasteiger partial charge < -0.3 is 0 Å². The topological polar surface area (TPSA) is 17.1 Å². The zero-order valence-electron chi connectivity index (χ0n) is 9.58. The molecule has 0 radical (unpaired) electrons. The SMILES string of the molecule is CC1CCCC(C(=O)c2ccccc2Cl)C1. The highest BCUT2D eigenvalue weighted by Crippen LogP contribution is 2.32. The lowest BCUT2D eigenvalue weighted by molar-refractivity contribution is 0.0868. The third-order valence-electron chi connectivity index (χ3n) is 3.45. The molecule has 0 saturated heterocycles. The van der Waals surface area contributed by atoms with Crippen LogP contribution in [0, 0.1) is 11.8 Å². The summed E-state index contributed by atoms with van der Waals surface area (Å²) in [7, 11) is 0. The Morgan fingerprint density at radius 3 is 2.75 bits per heavy atom. The number of carbonyl (C=O) groups excluding carboxylic acids is 1. The van der Waals surface area contributed by atoms with Gasteiger partial charge in [-0.1, -0.05) is 43.5 Å². The van der Waals surface area contributed by atoms with Crippen molar-refractivity contribution in [2.75, 3.05) is 0 Å². The average molecular weight is 237 g/mol. The van der Waals surface area contributed by atoms with Crippen molar-refractivity contribution in [1.82, 2.24) is 0 Å². The first-order chi connectivity index (χ1) is 7.68. The molecule has 0 N–H and O–H groups in total. The van der Waals surface area contributed by atoms with Gasteiger partial charge in [0.05, 0.1) is 5.02 Å². The Bertz CT molecular complexity index is 386. The quantitative estimate of drug-likeness (QED) is 0.698. The van der Waals surface area contributed by atoms with Crippen molar-refractivity contribution in [3.05, 3.63) is 34.9 Å². The number of hydrogen-bond acceptors (Lipinski definition) is 1. The van der Waals surface area contributed by atoms with Crippen LogP contribution in [0.1, 0.15) is 43.0 Å². The molecule has 1 aliphatic rings.